The largest absolute Gasteiger partial charge is 0.485 e. The van der Waals surface area contributed by atoms with Crippen molar-refractivity contribution in [1.82, 2.24) is 5.32 Å². The normalized spacial score (nSPS) is 17.9. The number of aliphatic hydroxyl groups is 1. The molecule has 0 bridgehead atoms. The smallest absolute Gasteiger partial charge is 0.396 e. The monoisotopic (exact) mass is 355 g/mol. The zero-order valence-electron chi connectivity index (χ0n) is 14.5. The van der Waals surface area contributed by atoms with Crippen molar-refractivity contribution in [2.75, 3.05) is 13.2 Å². The number of esters is 1. The summed E-state index contributed by atoms with van der Waals surface area (Å²) in [5.41, 5.74) is 2.76. The van der Waals surface area contributed by atoms with Crippen molar-refractivity contribution >= 4 is 11.9 Å². The molecule has 3 rings (SSSR count). The van der Waals surface area contributed by atoms with Gasteiger partial charge in [0, 0.05) is 12.0 Å². The van der Waals surface area contributed by atoms with Gasteiger partial charge >= 0.3 is 11.9 Å². The molecule has 0 aromatic heterocycles. The van der Waals surface area contributed by atoms with E-state index < -0.39 is 24.0 Å². The molecule has 6 heteroatoms. The molecule has 26 heavy (non-hydrogen) atoms. The molecule has 2 aromatic carbocycles. The Morgan fingerprint density at radius 3 is 2.69 bits per heavy atom. The highest BCUT2D eigenvalue weighted by Gasteiger charge is 2.36. The van der Waals surface area contributed by atoms with Gasteiger partial charge in [-0.05, 0) is 18.6 Å². The van der Waals surface area contributed by atoms with Crippen LogP contribution in [-0.4, -0.2) is 36.3 Å². The summed E-state index contributed by atoms with van der Waals surface area (Å²) in [6, 6.07) is 14.5. The topological polar surface area (TPSA) is 84.9 Å². The van der Waals surface area contributed by atoms with Crippen LogP contribution in [0.25, 0.3) is 0 Å². The molecule has 1 aliphatic rings. The number of rotatable bonds is 5. The fourth-order valence-electron chi connectivity index (χ4n) is 2.93. The zero-order chi connectivity index (χ0) is 18.5. The van der Waals surface area contributed by atoms with Gasteiger partial charge in [-0.1, -0.05) is 48.0 Å². The van der Waals surface area contributed by atoms with Crippen molar-refractivity contribution in [3.8, 4) is 5.75 Å². The number of ether oxygens (including phenoxy) is 2. The summed E-state index contributed by atoms with van der Waals surface area (Å²) in [6.07, 6.45) is -0.0962. The number of amides is 1. The molecule has 1 heterocycles. The lowest BCUT2D eigenvalue weighted by atomic mass is 10.0. The van der Waals surface area contributed by atoms with E-state index in [0.717, 1.165) is 16.7 Å². The summed E-state index contributed by atoms with van der Waals surface area (Å²) >= 11 is 0. The van der Waals surface area contributed by atoms with Gasteiger partial charge in [0.25, 0.3) is 0 Å². The number of aliphatic hydroxyl groups excluding tert-OH is 1. The first kappa shape index (κ1) is 17.9. The maximum absolute atomic E-state index is 12.2. The standard InChI is InChI=1S/C20H21NO5/c1-13-7-8-16-15(11-13)18(17(12-22)26-16)21-19(23)20(24)25-10-9-14-5-3-2-4-6-14/h2-8,11,17-18,22H,9-10,12H2,1H3,(H,21,23). The third kappa shape index (κ3) is 4.03. The second-order valence-corrected chi connectivity index (χ2v) is 6.20. The van der Waals surface area contributed by atoms with E-state index in [2.05, 4.69) is 5.32 Å². The van der Waals surface area contributed by atoms with Crippen molar-refractivity contribution in [2.45, 2.75) is 25.5 Å². The fourth-order valence-corrected chi connectivity index (χ4v) is 2.93. The molecule has 0 saturated carbocycles. The van der Waals surface area contributed by atoms with Gasteiger partial charge in [-0.3, -0.25) is 4.79 Å². The minimum absolute atomic E-state index is 0.122. The molecule has 136 valence electrons. The van der Waals surface area contributed by atoms with Crippen LogP contribution in [0.2, 0.25) is 0 Å². The van der Waals surface area contributed by atoms with Crippen LogP contribution in [-0.2, 0) is 20.7 Å². The van der Waals surface area contributed by atoms with Gasteiger partial charge in [0.1, 0.15) is 11.9 Å². The molecule has 2 unspecified atom stereocenters. The average molecular weight is 355 g/mol. The van der Waals surface area contributed by atoms with E-state index in [1.165, 1.54) is 0 Å². The SMILES string of the molecule is Cc1ccc2c(c1)C(NC(=O)C(=O)OCCc1ccccc1)C(CO)O2. The number of hydrogen-bond donors (Lipinski definition) is 2. The van der Waals surface area contributed by atoms with Crippen LogP contribution in [0.15, 0.2) is 48.5 Å². The van der Waals surface area contributed by atoms with E-state index in [4.69, 9.17) is 9.47 Å². The number of benzene rings is 2. The number of hydrogen-bond acceptors (Lipinski definition) is 5. The van der Waals surface area contributed by atoms with Gasteiger partial charge in [-0.2, -0.15) is 0 Å². The van der Waals surface area contributed by atoms with E-state index >= 15 is 0 Å². The maximum atomic E-state index is 12.2. The first-order valence-electron chi connectivity index (χ1n) is 8.48. The molecule has 0 radical (unpaired) electrons. The highest BCUT2D eigenvalue weighted by Crippen LogP contribution is 2.37. The maximum Gasteiger partial charge on any atom is 0.396 e. The van der Waals surface area contributed by atoms with Crippen molar-refractivity contribution in [1.29, 1.82) is 0 Å². The zero-order valence-corrected chi connectivity index (χ0v) is 14.5. The summed E-state index contributed by atoms with van der Waals surface area (Å²) in [5.74, 6) is -1.20. The predicted octanol–water partition coefficient (Wildman–Crippen LogP) is 1.69. The lowest BCUT2D eigenvalue weighted by Gasteiger charge is -2.18. The van der Waals surface area contributed by atoms with E-state index in [1.807, 2.05) is 49.4 Å². The number of carbonyl (C=O) groups is 2. The number of aryl methyl sites for hydroxylation is 1. The highest BCUT2D eigenvalue weighted by atomic mass is 16.5. The molecule has 2 N–H and O–H groups in total. The van der Waals surface area contributed by atoms with Crippen molar-refractivity contribution in [2.24, 2.45) is 0 Å². The molecule has 0 fully saturated rings. The van der Waals surface area contributed by atoms with Crippen LogP contribution in [0.5, 0.6) is 5.75 Å². The van der Waals surface area contributed by atoms with Crippen LogP contribution in [0.1, 0.15) is 22.7 Å². The average Bonchev–Trinajstić information content (AvgIpc) is 2.99. The molecular weight excluding hydrogens is 334 g/mol. The van der Waals surface area contributed by atoms with E-state index in [9.17, 15) is 14.7 Å². The molecule has 1 aliphatic heterocycles. The third-order valence-corrected chi connectivity index (χ3v) is 4.27. The molecule has 0 aliphatic carbocycles. The first-order chi connectivity index (χ1) is 12.6. The lowest BCUT2D eigenvalue weighted by molar-refractivity contribution is -0.155. The Morgan fingerprint density at radius 2 is 1.96 bits per heavy atom. The summed E-state index contributed by atoms with van der Waals surface area (Å²) < 4.78 is 10.7. The Kier molecular flexibility index (Phi) is 5.53. The van der Waals surface area contributed by atoms with Crippen LogP contribution in [0.4, 0.5) is 0 Å². The lowest BCUT2D eigenvalue weighted by Crippen LogP contribution is -2.41. The minimum atomic E-state index is -0.946. The molecule has 2 atom stereocenters. The van der Waals surface area contributed by atoms with E-state index in [1.54, 1.807) is 6.07 Å². The quantitative estimate of drug-likeness (QED) is 0.630. The van der Waals surface area contributed by atoms with Gasteiger partial charge in [0.2, 0.25) is 0 Å². The second kappa shape index (κ2) is 8.01. The molecule has 0 saturated heterocycles. The molecular formula is C20H21NO5. The summed E-state index contributed by atoms with van der Waals surface area (Å²) in [7, 11) is 0. The third-order valence-electron chi connectivity index (χ3n) is 4.27. The van der Waals surface area contributed by atoms with Crippen molar-refractivity contribution in [3.63, 3.8) is 0 Å². The minimum Gasteiger partial charge on any atom is -0.485 e. The van der Waals surface area contributed by atoms with Crippen LogP contribution >= 0.6 is 0 Å². The van der Waals surface area contributed by atoms with Gasteiger partial charge in [0.15, 0.2) is 0 Å². The Labute approximate surface area is 151 Å². The summed E-state index contributed by atoms with van der Waals surface area (Å²) in [4.78, 5) is 24.1. The predicted molar refractivity (Wildman–Crippen MR) is 94.7 cm³/mol. The molecule has 1 amide bonds. The molecule has 2 aromatic rings. The van der Waals surface area contributed by atoms with Crippen LogP contribution in [0.3, 0.4) is 0 Å². The van der Waals surface area contributed by atoms with Crippen molar-refractivity contribution < 1.29 is 24.2 Å². The van der Waals surface area contributed by atoms with E-state index in [-0.39, 0.29) is 13.2 Å². The van der Waals surface area contributed by atoms with Gasteiger partial charge in [-0.15, -0.1) is 0 Å². The second-order valence-electron chi connectivity index (χ2n) is 6.20. The fraction of sp³-hybridized carbons (Fsp3) is 0.300. The number of nitrogens with one attached hydrogen (secondary N) is 1. The number of fused-ring (bicyclic) bond motifs is 1. The van der Waals surface area contributed by atoms with Gasteiger partial charge in [-0.25, -0.2) is 4.79 Å². The molecule has 6 nitrogen and oxygen atoms in total. The highest BCUT2D eigenvalue weighted by molar-refractivity contribution is 6.32. The Balaban J connectivity index is 1.58. The first-order valence-corrected chi connectivity index (χ1v) is 8.48. The summed E-state index contributed by atoms with van der Waals surface area (Å²) in [6.45, 7) is 1.77. The van der Waals surface area contributed by atoms with Gasteiger partial charge < -0.3 is 19.9 Å². The number of carbonyl (C=O) groups excluding carboxylic acids is 2. The Morgan fingerprint density at radius 1 is 1.19 bits per heavy atom. The van der Waals surface area contributed by atoms with Gasteiger partial charge in [0.05, 0.1) is 19.3 Å². The molecule has 0 spiro atoms. The Bertz CT molecular complexity index is 790. The van der Waals surface area contributed by atoms with E-state index in [0.29, 0.717) is 12.2 Å². The summed E-state index contributed by atoms with van der Waals surface area (Å²) in [5, 5.41) is 12.1. The Hall–Kier alpha value is -2.86. The van der Waals surface area contributed by atoms with Crippen molar-refractivity contribution in [3.05, 3.63) is 65.2 Å². The van der Waals surface area contributed by atoms with Crippen LogP contribution in [0, 0.1) is 6.92 Å². The van der Waals surface area contributed by atoms with Crippen LogP contribution < -0.4 is 10.1 Å².